The van der Waals surface area contributed by atoms with E-state index < -0.39 is 13.0 Å². The van der Waals surface area contributed by atoms with Crippen LogP contribution in [0.25, 0.3) is 0 Å². The van der Waals surface area contributed by atoms with Gasteiger partial charge in [0.15, 0.2) is 0 Å². The van der Waals surface area contributed by atoms with Crippen LogP contribution in [0, 0.1) is 0 Å². The molecule has 72 valence electrons. The third kappa shape index (κ3) is 7.87. The Kier molecular flexibility index (Phi) is 7.28. The highest BCUT2D eigenvalue weighted by Gasteiger charge is 2.01. The first-order chi connectivity index (χ1) is 5.66. The standard InChI is InChI=1S/C6H10BrF2NO2/c7-3-6(11)10-1-2-12-4-5(8)9/h5H,1-4H2,(H,10,11). The molecule has 0 aromatic heterocycles. The maximum absolute atomic E-state index is 11.5. The summed E-state index contributed by atoms with van der Waals surface area (Å²) in [5.41, 5.74) is 0. The van der Waals surface area contributed by atoms with Gasteiger partial charge in [-0.1, -0.05) is 15.9 Å². The number of nitrogens with one attached hydrogen (secondary N) is 1. The van der Waals surface area contributed by atoms with Crippen molar-refractivity contribution < 1.29 is 18.3 Å². The molecule has 0 aromatic carbocycles. The third-order valence-electron chi connectivity index (χ3n) is 0.934. The highest BCUT2D eigenvalue weighted by atomic mass is 79.9. The number of halogens is 3. The first-order valence-electron chi connectivity index (χ1n) is 3.35. The number of rotatable bonds is 6. The number of hydrogen-bond acceptors (Lipinski definition) is 2. The minimum atomic E-state index is -2.45. The first kappa shape index (κ1) is 11.8. The fourth-order valence-corrected chi connectivity index (χ4v) is 0.681. The van der Waals surface area contributed by atoms with Gasteiger partial charge in [-0.3, -0.25) is 4.79 Å². The van der Waals surface area contributed by atoms with E-state index in [4.69, 9.17) is 0 Å². The second-order valence-corrected chi connectivity index (χ2v) is 2.51. The molecule has 12 heavy (non-hydrogen) atoms. The Hall–Kier alpha value is -0.230. The quantitative estimate of drug-likeness (QED) is 0.555. The maximum atomic E-state index is 11.5. The molecule has 0 unspecified atom stereocenters. The van der Waals surface area contributed by atoms with Gasteiger partial charge in [0.1, 0.15) is 6.61 Å². The molecule has 0 aliphatic carbocycles. The molecule has 0 aromatic rings. The fraction of sp³-hybridized carbons (Fsp3) is 0.833. The second-order valence-electron chi connectivity index (χ2n) is 1.95. The largest absolute Gasteiger partial charge is 0.374 e. The lowest BCUT2D eigenvalue weighted by Crippen LogP contribution is -2.28. The number of ether oxygens (including phenoxy) is 1. The van der Waals surface area contributed by atoms with Gasteiger partial charge >= 0.3 is 0 Å². The highest BCUT2D eigenvalue weighted by molar-refractivity contribution is 9.09. The molecule has 1 amide bonds. The van der Waals surface area contributed by atoms with E-state index in [0.717, 1.165) is 0 Å². The number of carbonyl (C=O) groups excluding carboxylic acids is 1. The summed E-state index contributed by atoms with van der Waals surface area (Å²) in [5, 5.41) is 2.66. The van der Waals surface area contributed by atoms with E-state index in [2.05, 4.69) is 26.0 Å². The topological polar surface area (TPSA) is 38.3 Å². The van der Waals surface area contributed by atoms with Crippen molar-refractivity contribution in [1.29, 1.82) is 0 Å². The van der Waals surface area contributed by atoms with Gasteiger partial charge in [0.25, 0.3) is 6.43 Å². The van der Waals surface area contributed by atoms with Crippen LogP contribution in [0.3, 0.4) is 0 Å². The Bertz CT molecular complexity index is 135. The van der Waals surface area contributed by atoms with Gasteiger partial charge in [0.2, 0.25) is 5.91 Å². The Labute approximate surface area is 77.6 Å². The van der Waals surface area contributed by atoms with Crippen LogP contribution in [0.2, 0.25) is 0 Å². The molecule has 0 aliphatic rings. The zero-order valence-electron chi connectivity index (χ0n) is 6.36. The first-order valence-corrected chi connectivity index (χ1v) is 4.47. The van der Waals surface area contributed by atoms with Crippen molar-refractivity contribution in [2.45, 2.75) is 6.43 Å². The van der Waals surface area contributed by atoms with Crippen LogP contribution >= 0.6 is 15.9 Å². The predicted molar refractivity (Wildman–Crippen MR) is 43.6 cm³/mol. The van der Waals surface area contributed by atoms with Crippen LogP contribution in [-0.2, 0) is 9.53 Å². The summed E-state index contributed by atoms with van der Waals surface area (Å²) < 4.78 is 27.4. The van der Waals surface area contributed by atoms with Crippen LogP contribution in [0.15, 0.2) is 0 Å². The van der Waals surface area contributed by atoms with Crippen molar-refractivity contribution in [2.75, 3.05) is 25.1 Å². The summed E-state index contributed by atoms with van der Waals surface area (Å²) in [6.45, 7) is -0.204. The second kappa shape index (κ2) is 7.42. The van der Waals surface area contributed by atoms with Crippen molar-refractivity contribution in [3.63, 3.8) is 0 Å². The zero-order chi connectivity index (χ0) is 9.40. The van der Waals surface area contributed by atoms with E-state index in [9.17, 15) is 13.6 Å². The van der Waals surface area contributed by atoms with Crippen molar-refractivity contribution in [1.82, 2.24) is 5.32 Å². The Morgan fingerprint density at radius 2 is 2.25 bits per heavy atom. The van der Waals surface area contributed by atoms with Gasteiger partial charge < -0.3 is 10.1 Å². The summed E-state index contributed by atoms with van der Waals surface area (Å²) in [6.07, 6.45) is -2.45. The predicted octanol–water partition coefficient (Wildman–Crippen LogP) is 0.779. The van der Waals surface area contributed by atoms with Crippen LogP contribution in [0.5, 0.6) is 0 Å². The van der Waals surface area contributed by atoms with Crippen LogP contribution < -0.4 is 5.32 Å². The molecular formula is C6H10BrF2NO2. The highest BCUT2D eigenvalue weighted by Crippen LogP contribution is 1.91. The van der Waals surface area contributed by atoms with Crippen molar-refractivity contribution in [3.8, 4) is 0 Å². The molecule has 1 N–H and O–H groups in total. The number of alkyl halides is 3. The van der Waals surface area contributed by atoms with Gasteiger partial charge in [-0.2, -0.15) is 0 Å². The minimum Gasteiger partial charge on any atom is -0.374 e. The SMILES string of the molecule is O=C(CBr)NCCOCC(F)F. The van der Waals surface area contributed by atoms with Gasteiger partial charge in [0, 0.05) is 6.54 Å². The van der Waals surface area contributed by atoms with E-state index in [1.165, 1.54) is 0 Å². The van der Waals surface area contributed by atoms with E-state index in [1.54, 1.807) is 0 Å². The number of amides is 1. The van der Waals surface area contributed by atoms with Gasteiger partial charge in [-0.15, -0.1) is 0 Å². The average molecular weight is 246 g/mol. The molecule has 0 radical (unpaired) electrons. The molecule has 0 fully saturated rings. The van der Waals surface area contributed by atoms with Crippen LogP contribution in [0.1, 0.15) is 0 Å². The molecule has 3 nitrogen and oxygen atoms in total. The van der Waals surface area contributed by atoms with Crippen molar-refractivity contribution in [3.05, 3.63) is 0 Å². The molecule has 0 heterocycles. The fourth-order valence-electron chi connectivity index (χ4n) is 0.482. The van der Waals surface area contributed by atoms with Gasteiger partial charge in [-0.05, 0) is 0 Å². The molecule has 0 atom stereocenters. The molecule has 0 aliphatic heterocycles. The monoisotopic (exact) mass is 245 g/mol. The van der Waals surface area contributed by atoms with Crippen molar-refractivity contribution >= 4 is 21.8 Å². The number of carbonyl (C=O) groups is 1. The molecular weight excluding hydrogens is 236 g/mol. The Balaban J connectivity index is 3.05. The molecule has 0 rings (SSSR count). The molecule has 0 saturated carbocycles. The molecule has 6 heteroatoms. The maximum Gasteiger partial charge on any atom is 0.261 e. The Morgan fingerprint density at radius 1 is 1.58 bits per heavy atom. The average Bonchev–Trinajstić information content (AvgIpc) is 2.03. The summed E-state index contributed by atoms with van der Waals surface area (Å²) in [5.74, 6) is -0.185. The minimum absolute atomic E-state index is 0.114. The summed E-state index contributed by atoms with van der Waals surface area (Å²) in [4.78, 5) is 10.5. The lowest BCUT2D eigenvalue weighted by molar-refractivity contribution is -0.118. The summed E-state index contributed by atoms with van der Waals surface area (Å²) in [6, 6.07) is 0. The third-order valence-corrected chi connectivity index (χ3v) is 1.44. The molecule has 0 bridgehead atoms. The molecule has 0 spiro atoms. The lowest BCUT2D eigenvalue weighted by Gasteiger charge is -2.03. The lowest BCUT2D eigenvalue weighted by atomic mass is 10.6. The Morgan fingerprint density at radius 3 is 2.75 bits per heavy atom. The number of hydrogen-bond donors (Lipinski definition) is 1. The normalized spacial score (nSPS) is 10.3. The molecule has 0 saturated heterocycles. The van der Waals surface area contributed by atoms with E-state index in [-0.39, 0.29) is 24.4 Å². The van der Waals surface area contributed by atoms with Crippen LogP contribution in [0.4, 0.5) is 8.78 Å². The van der Waals surface area contributed by atoms with Gasteiger partial charge in [0.05, 0.1) is 11.9 Å². The van der Waals surface area contributed by atoms with E-state index in [1.807, 2.05) is 0 Å². The summed E-state index contributed by atoms with van der Waals surface area (Å²) in [7, 11) is 0. The van der Waals surface area contributed by atoms with E-state index in [0.29, 0.717) is 0 Å². The van der Waals surface area contributed by atoms with Gasteiger partial charge in [-0.25, -0.2) is 8.78 Å². The smallest absolute Gasteiger partial charge is 0.261 e. The van der Waals surface area contributed by atoms with E-state index >= 15 is 0 Å². The van der Waals surface area contributed by atoms with Crippen molar-refractivity contribution in [2.24, 2.45) is 0 Å². The summed E-state index contributed by atoms with van der Waals surface area (Å²) >= 11 is 2.93. The van der Waals surface area contributed by atoms with Crippen LogP contribution in [-0.4, -0.2) is 37.4 Å². The zero-order valence-corrected chi connectivity index (χ0v) is 7.94.